The summed E-state index contributed by atoms with van der Waals surface area (Å²) in [5, 5.41) is 13.4. The highest BCUT2D eigenvalue weighted by Crippen LogP contribution is 2.38. The molecule has 2 aromatic rings. The number of thiophene rings is 2. The van der Waals surface area contributed by atoms with Gasteiger partial charge in [0.15, 0.2) is 0 Å². The topological polar surface area (TPSA) is 52.9 Å². The van der Waals surface area contributed by atoms with Gasteiger partial charge in [-0.3, -0.25) is 4.79 Å². The molecule has 1 N–H and O–H groups in total. The van der Waals surface area contributed by atoms with Gasteiger partial charge in [-0.1, -0.05) is 6.42 Å². The van der Waals surface area contributed by atoms with Gasteiger partial charge in [0.25, 0.3) is 5.91 Å². The molecular weight excluding hydrogens is 336 g/mol. The Bertz CT molecular complexity index is 802. The molecule has 4 rings (SSSR count). The Balaban J connectivity index is 1.60. The molecule has 2 heterocycles. The molecule has 124 valence electrons. The number of hydrogen-bond donors (Lipinski definition) is 1. The van der Waals surface area contributed by atoms with Crippen LogP contribution in [0.15, 0.2) is 6.07 Å². The van der Waals surface area contributed by atoms with Crippen molar-refractivity contribution in [1.29, 1.82) is 5.26 Å². The van der Waals surface area contributed by atoms with E-state index in [1.54, 1.807) is 22.7 Å². The molecule has 0 bridgehead atoms. The van der Waals surface area contributed by atoms with E-state index in [9.17, 15) is 10.1 Å². The van der Waals surface area contributed by atoms with Crippen molar-refractivity contribution in [2.24, 2.45) is 0 Å². The summed E-state index contributed by atoms with van der Waals surface area (Å²) >= 11 is 3.23. The van der Waals surface area contributed by atoms with Gasteiger partial charge >= 0.3 is 0 Å². The summed E-state index contributed by atoms with van der Waals surface area (Å²) in [6.07, 6.45) is 10.2. The lowest BCUT2D eigenvalue weighted by atomic mass is 9.99. The third-order valence-corrected chi connectivity index (χ3v) is 7.42. The van der Waals surface area contributed by atoms with Gasteiger partial charge in [-0.05, 0) is 68.6 Å². The fourth-order valence-corrected chi connectivity index (χ4v) is 6.10. The molecule has 0 spiro atoms. The lowest BCUT2D eigenvalue weighted by Gasteiger charge is -2.08. The van der Waals surface area contributed by atoms with Crippen LogP contribution in [-0.2, 0) is 25.7 Å². The van der Waals surface area contributed by atoms with Crippen molar-refractivity contribution in [2.45, 2.75) is 57.8 Å². The van der Waals surface area contributed by atoms with Crippen molar-refractivity contribution < 1.29 is 4.79 Å². The highest BCUT2D eigenvalue weighted by molar-refractivity contribution is 7.17. The van der Waals surface area contributed by atoms with Crippen molar-refractivity contribution >= 4 is 33.6 Å². The second-order valence-electron chi connectivity index (χ2n) is 6.60. The highest BCUT2D eigenvalue weighted by Gasteiger charge is 2.23. The van der Waals surface area contributed by atoms with E-state index >= 15 is 0 Å². The van der Waals surface area contributed by atoms with Gasteiger partial charge in [0.2, 0.25) is 0 Å². The standard InChI is InChI=1S/C19H20N2OS2/c20-11-14-13-7-2-1-3-9-16(13)24-19(14)21-18(22)17-10-12-6-4-5-8-15(12)23-17/h10H,1-9H2,(H,21,22). The Morgan fingerprint density at radius 1 is 1.00 bits per heavy atom. The maximum Gasteiger partial charge on any atom is 0.266 e. The SMILES string of the molecule is N#Cc1c(NC(=O)c2cc3c(s2)CCCC3)sc2c1CCCCC2. The van der Waals surface area contributed by atoms with Crippen LogP contribution in [-0.4, -0.2) is 5.91 Å². The van der Waals surface area contributed by atoms with Gasteiger partial charge < -0.3 is 5.32 Å². The van der Waals surface area contributed by atoms with Crippen LogP contribution in [0.4, 0.5) is 5.00 Å². The largest absolute Gasteiger partial charge is 0.312 e. The highest BCUT2D eigenvalue weighted by atomic mass is 32.1. The molecule has 2 aliphatic carbocycles. The summed E-state index contributed by atoms with van der Waals surface area (Å²) < 4.78 is 0. The third-order valence-electron chi connectivity index (χ3n) is 4.98. The summed E-state index contributed by atoms with van der Waals surface area (Å²) in [5.41, 5.74) is 3.23. The van der Waals surface area contributed by atoms with Crippen LogP contribution in [0.2, 0.25) is 0 Å². The zero-order chi connectivity index (χ0) is 16.5. The summed E-state index contributed by atoms with van der Waals surface area (Å²) in [6.45, 7) is 0. The van der Waals surface area contributed by atoms with Crippen molar-refractivity contribution in [1.82, 2.24) is 0 Å². The first kappa shape index (κ1) is 15.9. The summed E-state index contributed by atoms with van der Waals surface area (Å²) in [4.78, 5) is 16.1. The predicted molar refractivity (Wildman–Crippen MR) is 99.2 cm³/mol. The van der Waals surface area contributed by atoms with Crippen molar-refractivity contribution in [3.63, 3.8) is 0 Å². The maximum absolute atomic E-state index is 12.7. The van der Waals surface area contributed by atoms with Crippen LogP contribution in [0.25, 0.3) is 0 Å². The van der Waals surface area contributed by atoms with Gasteiger partial charge in [-0.25, -0.2) is 0 Å². The first-order valence-corrected chi connectivity index (χ1v) is 10.4. The Morgan fingerprint density at radius 3 is 2.58 bits per heavy atom. The molecule has 0 fully saturated rings. The second-order valence-corrected chi connectivity index (χ2v) is 8.84. The summed E-state index contributed by atoms with van der Waals surface area (Å²) in [6, 6.07) is 4.39. The molecule has 2 aliphatic rings. The van der Waals surface area contributed by atoms with Crippen LogP contribution in [0.1, 0.15) is 68.2 Å². The lowest BCUT2D eigenvalue weighted by molar-refractivity contribution is 0.103. The number of hydrogen-bond acceptors (Lipinski definition) is 4. The van der Waals surface area contributed by atoms with Crippen LogP contribution in [0, 0.1) is 11.3 Å². The smallest absolute Gasteiger partial charge is 0.266 e. The van der Waals surface area contributed by atoms with Gasteiger partial charge in [0, 0.05) is 9.75 Å². The normalized spacial score (nSPS) is 16.6. The van der Waals surface area contributed by atoms with E-state index in [2.05, 4.69) is 17.5 Å². The summed E-state index contributed by atoms with van der Waals surface area (Å²) in [5.74, 6) is -0.0534. The quantitative estimate of drug-likeness (QED) is 0.763. The molecule has 0 saturated carbocycles. The number of nitrogens with zero attached hydrogens (tertiary/aromatic N) is 1. The van der Waals surface area contributed by atoms with Crippen molar-refractivity contribution in [2.75, 3.05) is 5.32 Å². The summed E-state index contributed by atoms with van der Waals surface area (Å²) in [7, 11) is 0. The van der Waals surface area contributed by atoms with Crippen molar-refractivity contribution in [3.05, 3.63) is 37.4 Å². The number of nitriles is 1. The molecule has 1 amide bonds. The number of carbonyl (C=O) groups excluding carboxylic acids is 1. The monoisotopic (exact) mass is 356 g/mol. The molecule has 0 aliphatic heterocycles. The lowest BCUT2D eigenvalue weighted by Crippen LogP contribution is -2.10. The molecule has 0 saturated heterocycles. The number of anilines is 1. The number of fused-ring (bicyclic) bond motifs is 2. The van der Waals surface area contributed by atoms with Crippen LogP contribution in [0.3, 0.4) is 0 Å². The molecule has 0 aromatic carbocycles. The van der Waals surface area contributed by atoms with Gasteiger partial charge in [0.1, 0.15) is 11.1 Å². The zero-order valence-corrected chi connectivity index (χ0v) is 15.2. The van der Waals surface area contributed by atoms with Crippen molar-refractivity contribution in [3.8, 4) is 6.07 Å². The van der Waals surface area contributed by atoms with Crippen LogP contribution >= 0.6 is 22.7 Å². The molecule has 3 nitrogen and oxygen atoms in total. The molecule has 0 atom stereocenters. The minimum atomic E-state index is -0.0534. The minimum Gasteiger partial charge on any atom is -0.312 e. The molecule has 2 aromatic heterocycles. The number of rotatable bonds is 2. The molecule has 5 heteroatoms. The fraction of sp³-hybridized carbons (Fsp3) is 0.474. The molecule has 0 radical (unpaired) electrons. The van der Waals surface area contributed by atoms with E-state index in [1.807, 2.05) is 0 Å². The predicted octanol–water partition coefficient (Wildman–Crippen LogP) is 5.08. The number of carbonyl (C=O) groups is 1. The minimum absolute atomic E-state index is 0.0534. The van der Waals surface area contributed by atoms with Gasteiger partial charge in [-0.2, -0.15) is 5.26 Å². The Labute approximate surface area is 150 Å². The Hall–Kier alpha value is -1.64. The van der Waals surface area contributed by atoms with E-state index in [0.717, 1.165) is 42.0 Å². The average molecular weight is 357 g/mol. The zero-order valence-electron chi connectivity index (χ0n) is 13.6. The van der Waals surface area contributed by atoms with Crippen LogP contribution < -0.4 is 5.32 Å². The molecular formula is C19H20N2OS2. The Kier molecular flexibility index (Phi) is 4.43. The third kappa shape index (κ3) is 2.89. The van der Waals surface area contributed by atoms with Gasteiger partial charge in [0.05, 0.1) is 10.4 Å². The molecule has 24 heavy (non-hydrogen) atoms. The molecule has 0 unspecified atom stereocenters. The fourth-order valence-electron chi connectivity index (χ4n) is 3.72. The number of amides is 1. The van der Waals surface area contributed by atoms with E-state index < -0.39 is 0 Å². The first-order chi connectivity index (χ1) is 11.8. The van der Waals surface area contributed by atoms with E-state index in [-0.39, 0.29) is 5.91 Å². The maximum atomic E-state index is 12.7. The Morgan fingerprint density at radius 2 is 1.75 bits per heavy atom. The number of nitrogens with one attached hydrogen (secondary N) is 1. The van der Waals surface area contributed by atoms with E-state index in [1.165, 1.54) is 46.6 Å². The van der Waals surface area contributed by atoms with E-state index in [4.69, 9.17) is 0 Å². The van der Waals surface area contributed by atoms with Crippen LogP contribution in [0.5, 0.6) is 0 Å². The van der Waals surface area contributed by atoms with E-state index in [0.29, 0.717) is 5.56 Å². The first-order valence-electron chi connectivity index (χ1n) is 8.74. The van der Waals surface area contributed by atoms with Gasteiger partial charge in [-0.15, -0.1) is 22.7 Å². The average Bonchev–Trinajstić information content (AvgIpc) is 3.09. The number of aryl methyl sites for hydroxylation is 3. The second kappa shape index (κ2) is 6.70.